The number of cyclic esters (lactones) is 1. The molecule has 2 aliphatic heterocycles. The van der Waals surface area contributed by atoms with E-state index in [-0.39, 0.29) is 24.3 Å². The highest BCUT2D eigenvalue weighted by molar-refractivity contribution is 5.85. The lowest BCUT2D eigenvalue weighted by atomic mass is 10.0. The number of likely N-dealkylation sites (tertiary alicyclic amines) is 1. The monoisotopic (exact) mass is 361 g/mol. The maximum absolute atomic E-state index is 11.7. The Bertz CT molecular complexity index is 741. The Labute approximate surface area is 154 Å². The molecule has 3 heterocycles. The number of esters is 1. The van der Waals surface area contributed by atoms with Crippen molar-refractivity contribution in [3.63, 3.8) is 0 Å². The predicted octanol–water partition coefficient (Wildman–Crippen LogP) is 3.02. The molecular weight excluding hydrogens is 338 g/mol. The van der Waals surface area contributed by atoms with Gasteiger partial charge < -0.3 is 4.74 Å². The molecule has 6 heteroatoms. The highest BCUT2D eigenvalue weighted by Gasteiger charge is 2.43. The van der Waals surface area contributed by atoms with Crippen LogP contribution >= 0.6 is 12.4 Å². The van der Waals surface area contributed by atoms with Crippen molar-refractivity contribution >= 4 is 18.4 Å². The summed E-state index contributed by atoms with van der Waals surface area (Å²) in [5.74, 6) is 0.955. The van der Waals surface area contributed by atoms with Crippen LogP contribution in [-0.2, 0) is 16.1 Å². The molecule has 0 spiro atoms. The Hall–Kier alpha value is -1.85. The van der Waals surface area contributed by atoms with Crippen LogP contribution in [0.15, 0.2) is 36.7 Å². The van der Waals surface area contributed by atoms with E-state index in [0.717, 1.165) is 25.3 Å². The largest absolute Gasteiger partial charge is 0.465 e. The number of rotatable bonds is 4. The molecule has 25 heavy (non-hydrogen) atoms. The lowest BCUT2D eigenvalue weighted by molar-refractivity contribution is -0.141. The second-order valence-electron chi connectivity index (χ2n) is 7.23. The van der Waals surface area contributed by atoms with Crippen LogP contribution in [0.2, 0.25) is 0 Å². The summed E-state index contributed by atoms with van der Waals surface area (Å²) in [7, 11) is 0. The lowest BCUT2D eigenvalue weighted by Gasteiger charge is -2.15. The van der Waals surface area contributed by atoms with E-state index < -0.39 is 0 Å². The molecule has 1 aromatic carbocycles. The van der Waals surface area contributed by atoms with Crippen molar-refractivity contribution < 1.29 is 9.53 Å². The van der Waals surface area contributed by atoms with Crippen molar-refractivity contribution in [2.75, 3.05) is 19.7 Å². The topological polar surface area (TPSA) is 47.4 Å². The van der Waals surface area contributed by atoms with Crippen LogP contribution in [0.25, 0.3) is 5.69 Å². The third kappa shape index (κ3) is 3.58. The zero-order valence-corrected chi connectivity index (χ0v) is 15.4. The van der Waals surface area contributed by atoms with E-state index in [0.29, 0.717) is 18.4 Å². The maximum Gasteiger partial charge on any atom is 0.310 e. The van der Waals surface area contributed by atoms with Gasteiger partial charge in [0, 0.05) is 37.3 Å². The van der Waals surface area contributed by atoms with E-state index in [2.05, 4.69) is 54.3 Å². The molecule has 2 fully saturated rings. The number of benzene rings is 1. The number of hydrogen-bond acceptors (Lipinski definition) is 4. The SMILES string of the molecule is CC(C)c1ccc(-n2cc(CN3C[C@@H]4COC(=O)[C@@H]4C3)cn2)cc1.Cl. The van der Waals surface area contributed by atoms with Crippen LogP contribution in [0.3, 0.4) is 0 Å². The van der Waals surface area contributed by atoms with Gasteiger partial charge in [0.25, 0.3) is 0 Å². The molecular formula is C19H24ClN3O2. The van der Waals surface area contributed by atoms with Crippen LogP contribution < -0.4 is 0 Å². The number of halogens is 1. The molecule has 0 saturated carbocycles. The normalized spacial score (nSPS) is 22.8. The van der Waals surface area contributed by atoms with Crippen molar-refractivity contribution in [2.45, 2.75) is 26.3 Å². The zero-order chi connectivity index (χ0) is 16.7. The van der Waals surface area contributed by atoms with Gasteiger partial charge in [-0.2, -0.15) is 5.10 Å². The van der Waals surface area contributed by atoms with Gasteiger partial charge in [0.2, 0.25) is 0 Å². The van der Waals surface area contributed by atoms with Crippen LogP contribution in [0.4, 0.5) is 0 Å². The second-order valence-corrected chi connectivity index (χ2v) is 7.23. The number of ether oxygens (including phenoxy) is 1. The van der Waals surface area contributed by atoms with Gasteiger partial charge in [-0.25, -0.2) is 4.68 Å². The van der Waals surface area contributed by atoms with Gasteiger partial charge in [-0.15, -0.1) is 12.4 Å². The van der Waals surface area contributed by atoms with Crippen molar-refractivity contribution in [1.82, 2.24) is 14.7 Å². The van der Waals surface area contributed by atoms with E-state index in [1.54, 1.807) is 0 Å². The first-order valence-electron chi connectivity index (χ1n) is 8.63. The van der Waals surface area contributed by atoms with E-state index >= 15 is 0 Å². The molecule has 0 aliphatic carbocycles. The standard InChI is InChI=1S/C19H23N3O2.ClH/c1-13(2)15-3-5-17(6-4-15)22-9-14(7-20-22)8-21-10-16-12-24-19(23)18(16)11-21;/h3-7,9,13,16,18H,8,10-12H2,1-2H3;1H/t16-,18-;/m1./s1. The fourth-order valence-corrected chi connectivity index (χ4v) is 3.67. The van der Waals surface area contributed by atoms with Gasteiger partial charge in [0.1, 0.15) is 0 Å². The summed E-state index contributed by atoms with van der Waals surface area (Å²) in [5, 5.41) is 4.49. The highest BCUT2D eigenvalue weighted by atomic mass is 35.5. The Morgan fingerprint density at radius 1 is 1.24 bits per heavy atom. The Morgan fingerprint density at radius 3 is 2.68 bits per heavy atom. The molecule has 2 aromatic rings. The summed E-state index contributed by atoms with van der Waals surface area (Å²) >= 11 is 0. The number of aromatic nitrogens is 2. The zero-order valence-electron chi connectivity index (χ0n) is 14.6. The minimum Gasteiger partial charge on any atom is -0.465 e. The van der Waals surface area contributed by atoms with Crippen molar-refractivity contribution in [2.24, 2.45) is 11.8 Å². The Kier molecular flexibility index (Phi) is 5.16. The van der Waals surface area contributed by atoms with Crippen molar-refractivity contribution in [3.05, 3.63) is 47.8 Å². The first kappa shape index (κ1) is 18.0. The summed E-state index contributed by atoms with van der Waals surface area (Å²) < 4.78 is 7.05. The Balaban J connectivity index is 0.00000182. The number of carbonyl (C=O) groups is 1. The van der Waals surface area contributed by atoms with Gasteiger partial charge in [0.15, 0.2) is 0 Å². The average Bonchev–Trinajstić information content (AvgIpc) is 3.27. The van der Waals surface area contributed by atoms with Crippen molar-refractivity contribution in [1.29, 1.82) is 0 Å². The molecule has 1 aromatic heterocycles. The number of carbonyl (C=O) groups excluding carboxylic acids is 1. The summed E-state index contributed by atoms with van der Waals surface area (Å²) in [6.45, 7) is 7.55. The molecule has 2 atom stereocenters. The van der Waals surface area contributed by atoms with Gasteiger partial charge in [-0.3, -0.25) is 9.69 Å². The molecule has 0 N–H and O–H groups in total. The van der Waals surface area contributed by atoms with Gasteiger partial charge in [-0.1, -0.05) is 26.0 Å². The first-order chi connectivity index (χ1) is 11.6. The fraction of sp³-hybridized carbons (Fsp3) is 0.474. The minimum atomic E-state index is -0.0246. The molecule has 2 aliphatic rings. The van der Waals surface area contributed by atoms with Crippen LogP contribution in [-0.4, -0.2) is 40.3 Å². The van der Waals surface area contributed by atoms with E-state index in [9.17, 15) is 4.79 Å². The van der Waals surface area contributed by atoms with Gasteiger partial charge in [-0.05, 0) is 23.6 Å². The number of hydrogen-bond donors (Lipinski definition) is 0. The summed E-state index contributed by atoms with van der Waals surface area (Å²) in [6, 6.07) is 8.55. The number of fused-ring (bicyclic) bond motifs is 1. The van der Waals surface area contributed by atoms with Crippen LogP contribution in [0.5, 0.6) is 0 Å². The molecule has 0 radical (unpaired) electrons. The molecule has 5 nitrogen and oxygen atoms in total. The first-order valence-corrected chi connectivity index (χ1v) is 8.63. The summed E-state index contributed by atoms with van der Waals surface area (Å²) in [4.78, 5) is 14.0. The third-order valence-corrected chi connectivity index (χ3v) is 5.13. The third-order valence-electron chi connectivity index (χ3n) is 5.13. The molecule has 0 bridgehead atoms. The molecule has 134 valence electrons. The van der Waals surface area contributed by atoms with Crippen molar-refractivity contribution in [3.8, 4) is 5.69 Å². The van der Waals surface area contributed by atoms with Crippen LogP contribution in [0, 0.1) is 11.8 Å². The van der Waals surface area contributed by atoms with E-state index in [4.69, 9.17) is 4.74 Å². The fourth-order valence-electron chi connectivity index (χ4n) is 3.67. The van der Waals surface area contributed by atoms with Gasteiger partial charge in [0.05, 0.1) is 24.4 Å². The van der Waals surface area contributed by atoms with Gasteiger partial charge >= 0.3 is 5.97 Å². The summed E-state index contributed by atoms with van der Waals surface area (Å²) in [6.07, 6.45) is 4.00. The molecule has 0 amide bonds. The quantitative estimate of drug-likeness (QED) is 0.785. The smallest absolute Gasteiger partial charge is 0.310 e. The molecule has 0 unspecified atom stereocenters. The average molecular weight is 362 g/mol. The predicted molar refractivity (Wildman–Crippen MR) is 98.1 cm³/mol. The Morgan fingerprint density at radius 2 is 2.00 bits per heavy atom. The maximum atomic E-state index is 11.7. The lowest BCUT2D eigenvalue weighted by Crippen LogP contribution is -2.23. The number of nitrogens with zero attached hydrogens (tertiary/aromatic N) is 3. The summed E-state index contributed by atoms with van der Waals surface area (Å²) in [5.41, 5.74) is 3.59. The molecule has 4 rings (SSSR count). The van der Waals surface area contributed by atoms with E-state index in [1.807, 2.05) is 10.9 Å². The van der Waals surface area contributed by atoms with E-state index in [1.165, 1.54) is 11.1 Å². The molecule has 2 saturated heterocycles. The van der Waals surface area contributed by atoms with Crippen LogP contribution in [0.1, 0.15) is 30.9 Å². The highest BCUT2D eigenvalue weighted by Crippen LogP contribution is 2.31. The second kappa shape index (κ2) is 7.18. The minimum absolute atomic E-state index is 0.